The van der Waals surface area contributed by atoms with Gasteiger partial charge in [0.25, 0.3) is 0 Å². The van der Waals surface area contributed by atoms with Crippen LogP contribution in [0.1, 0.15) is 47.0 Å². The molecule has 0 aromatic rings. The van der Waals surface area contributed by atoms with Gasteiger partial charge >= 0.3 is 0 Å². The van der Waals surface area contributed by atoms with Crippen molar-refractivity contribution in [1.82, 2.24) is 5.32 Å². The Morgan fingerprint density at radius 1 is 1.13 bits per heavy atom. The van der Waals surface area contributed by atoms with Crippen molar-refractivity contribution in [1.29, 1.82) is 0 Å². The summed E-state index contributed by atoms with van der Waals surface area (Å²) in [4.78, 5) is 0. The fourth-order valence-corrected chi connectivity index (χ4v) is 1.65. The molecule has 0 heterocycles. The Bertz CT molecular complexity index is 126. The maximum Gasteiger partial charge on any atom is 0.0466 e. The van der Waals surface area contributed by atoms with Crippen LogP contribution in [0.5, 0.6) is 0 Å². The first kappa shape index (κ1) is 14.9. The second kappa shape index (κ2) is 10.4. The van der Waals surface area contributed by atoms with Gasteiger partial charge in [-0.1, -0.05) is 27.2 Å². The standard InChI is InChI=1S/C13H29NO/c1-5-13(8-7-9-15-6-2)11-14-10-12(3)4/h12-14H,5-11H2,1-4H3. The van der Waals surface area contributed by atoms with Crippen LogP contribution < -0.4 is 5.32 Å². The third kappa shape index (κ3) is 10.2. The van der Waals surface area contributed by atoms with Gasteiger partial charge in [-0.2, -0.15) is 0 Å². The van der Waals surface area contributed by atoms with E-state index in [0.717, 1.165) is 31.6 Å². The first-order valence-corrected chi connectivity index (χ1v) is 6.49. The zero-order chi connectivity index (χ0) is 11.5. The molecule has 0 spiro atoms. The summed E-state index contributed by atoms with van der Waals surface area (Å²) in [7, 11) is 0. The van der Waals surface area contributed by atoms with Gasteiger partial charge in [-0.25, -0.2) is 0 Å². The molecule has 2 nitrogen and oxygen atoms in total. The van der Waals surface area contributed by atoms with E-state index in [0.29, 0.717) is 0 Å². The Hall–Kier alpha value is -0.0800. The van der Waals surface area contributed by atoms with Gasteiger partial charge in [0.05, 0.1) is 0 Å². The molecule has 0 radical (unpaired) electrons. The lowest BCUT2D eigenvalue weighted by Gasteiger charge is -2.16. The molecular formula is C13H29NO. The van der Waals surface area contributed by atoms with E-state index in [1.54, 1.807) is 0 Å². The van der Waals surface area contributed by atoms with Crippen LogP contribution in [0.3, 0.4) is 0 Å². The highest BCUT2D eigenvalue weighted by Gasteiger charge is 2.05. The third-order valence-corrected chi connectivity index (χ3v) is 2.67. The monoisotopic (exact) mass is 215 g/mol. The van der Waals surface area contributed by atoms with Gasteiger partial charge in [0, 0.05) is 13.2 Å². The van der Waals surface area contributed by atoms with Gasteiger partial charge in [-0.3, -0.25) is 0 Å². The van der Waals surface area contributed by atoms with E-state index in [9.17, 15) is 0 Å². The summed E-state index contributed by atoms with van der Waals surface area (Å²) in [6, 6.07) is 0. The summed E-state index contributed by atoms with van der Waals surface area (Å²) in [6.07, 6.45) is 3.77. The minimum absolute atomic E-state index is 0.755. The summed E-state index contributed by atoms with van der Waals surface area (Å²) in [5.41, 5.74) is 0. The normalized spacial score (nSPS) is 13.4. The number of nitrogens with one attached hydrogen (secondary N) is 1. The molecule has 0 aliphatic carbocycles. The van der Waals surface area contributed by atoms with Gasteiger partial charge in [0.2, 0.25) is 0 Å². The van der Waals surface area contributed by atoms with Crippen molar-refractivity contribution in [2.45, 2.75) is 47.0 Å². The summed E-state index contributed by atoms with van der Waals surface area (Å²) < 4.78 is 5.35. The van der Waals surface area contributed by atoms with Crippen molar-refractivity contribution in [2.24, 2.45) is 11.8 Å². The minimum atomic E-state index is 0.755. The van der Waals surface area contributed by atoms with Crippen molar-refractivity contribution < 1.29 is 4.74 Å². The molecule has 0 amide bonds. The van der Waals surface area contributed by atoms with Crippen LogP contribution in [0.15, 0.2) is 0 Å². The topological polar surface area (TPSA) is 21.3 Å². The smallest absolute Gasteiger partial charge is 0.0466 e. The molecule has 0 fully saturated rings. The molecule has 1 atom stereocenters. The molecule has 0 aliphatic heterocycles. The van der Waals surface area contributed by atoms with Crippen molar-refractivity contribution in [3.63, 3.8) is 0 Å². The number of hydrogen-bond donors (Lipinski definition) is 1. The summed E-state index contributed by atoms with van der Waals surface area (Å²) in [6.45, 7) is 12.9. The maximum absolute atomic E-state index is 5.35. The molecule has 0 bridgehead atoms. The molecule has 1 N–H and O–H groups in total. The van der Waals surface area contributed by atoms with Gasteiger partial charge in [0.1, 0.15) is 0 Å². The zero-order valence-electron chi connectivity index (χ0n) is 11.0. The summed E-state index contributed by atoms with van der Waals surface area (Å²) >= 11 is 0. The van der Waals surface area contributed by atoms with E-state index < -0.39 is 0 Å². The largest absolute Gasteiger partial charge is 0.382 e. The second-order valence-corrected chi connectivity index (χ2v) is 4.67. The Balaban J connectivity index is 3.38. The molecule has 15 heavy (non-hydrogen) atoms. The highest BCUT2D eigenvalue weighted by molar-refractivity contribution is 4.62. The lowest BCUT2D eigenvalue weighted by molar-refractivity contribution is 0.139. The van der Waals surface area contributed by atoms with Crippen LogP contribution in [0, 0.1) is 11.8 Å². The van der Waals surface area contributed by atoms with Crippen molar-refractivity contribution in [3.8, 4) is 0 Å². The molecule has 92 valence electrons. The van der Waals surface area contributed by atoms with E-state index in [1.165, 1.54) is 25.8 Å². The first-order chi connectivity index (χ1) is 7.20. The van der Waals surface area contributed by atoms with E-state index in [4.69, 9.17) is 4.74 Å². The summed E-state index contributed by atoms with van der Waals surface area (Å²) in [5, 5.41) is 3.54. The van der Waals surface area contributed by atoms with E-state index in [-0.39, 0.29) is 0 Å². The number of rotatable bonds is 10. The Labute approximate surface area is 95.8 Å². The fourth-order valence-electron chi connectivity index (χ4n) is 1.65. The highest BCUT2D eigenvalue weighted by atomic mass is 16.5. The first-order valence-electron chi connectivity index (χ1n) is 6.49. The third-order valence-electron chi connectivity index (χ3n) is 2.67. The van der Waals surface area contributed by atoms with E-state index >= 15 is 0 Å². The molecule has 2 heteroatoms. The lowest BCUT2D eigenvalue weighted by atomic mass is 10.0. The van der Waals surface area contributed by atoms with Crippen LogP contribution in [0.25, 0.3) is 0 Å². The molecule has 0 aromatic carbocycles. The lowest BCUT2D eigenvalue weighted by Crippen LogP contribution is -2.26. The molecular weight excluding hydrogens is 186 g/mol. The van der Waals surface area contributed by atoms with Gasteiger partial charge in [-0.05, 0) is 44.7 Å². The van der Waals surface area contributed by atoms with Crippen LogP contribution in [-0.2, 0) is 4.74 Å². The molecule has 1 unspecified atom stereocenters. The average Bonchev–Trinajstić information content (AvgIpc) is 2.21. The van der Waals surface area contributed by atoms with Crippen LogP contribution in [0.2, 0.25) is 0 Å². The van der Waals surface area contributed by atoms with Crippen molar-refractivity contribution in [2.75, 3.05) is 26.3 Å². The van der Waals surface area contributed by atoms with Crippen LogP contribution in [0.4, 0.5) is 0 Å². The zero-order valence-corrected chi connectivity index (χ0v) is 11.0. The van der Waals surface area contributed by atoms with Crippen LogP contribution >= 0.6 is 0 Å². The Kier molecular flexibility index (Phi) is 10.4. The molecule has 0 saturated heterocycles. The Morgan fingerprint density at radius 3 is 2.40 bits per heavy atom. The Morgan fingerprint density at radius 2 is 1.87 bits per heavy atom. The molecule has 0 aromatic heterocycles. The molecule has 0 saturated carbocycles. The molecule has 0 aliphatic rings. The van der Waals surface area contributed by atoms with Gasteiger partial charge < -0.3 is 10.1 Å². The SMILES string of the molecule is CCOCCCC(CC)CNCC(C)C. The quantitative estimate of drug-likeness (QED) is 0.565. The maximum atomic E-state index is 5.35. The highest BCUT2D eigenvalue weighted by Crippen LogP contribution is 2.09. The van der Waals surface area contributed by atoms with E-state index in [2.05, 4.69) is 33.0 Å². The fraction of sp³-hybridized carbons (Fsp3) is 1.00. The summed E-state index contributed by atoms with van der Waals surface area (Å²) in [5.74, 6) is 1.58. The predicted molar refractivity (Wildman–Crippen MR) is 67.2 cm³/mol. The van der Waals surface area contributed by atoms with E-state index in [1.807, 2.05) is 0 Å². The predicted octanol–water partition coefficient (Wildman–Crippen LogP) is 3.07. The number of ether oxygens (including phenoxy) is 1. The minimum Gasteiger partial charge on any atom is -0.382 e. The van der Waals surface area contributed by atoms with Crippen LogP contribution in [-0.4, -0.2) is 26.3 Å². The van der Waals surface area contributed by atoms with Crippen molar-refractivity contribution >= 4 is 0 Å². The van der Waals surface area contributed by atoms with Gasteiger partial charge in [-0.15, -0.1) is 0 Å². The average molecular weight is 215 g/mol. The second-order valence-electron chi connectivity index (χ2n) is 4.67. The molecule has 0 rings (SSSR count). The van der Waals surface area contributed by atoms with Crippen molar-refractivity contribution in [3.05, 3.63) is 0 Å². The number of hydrogen-bond acceptors (Lipinski definition) is 2. The van der Waals surface area contributed by atoms with Gasteiger partial charge in [0.15, 0.2) is 0 Å².